The van der Waals surface area contributed by atoms with Crippen LogP contribution in [0.3, 0.4) is 0 Å². The van der Waals surface area contributed by atoms with Crippen LogP contribution in [0.4, 0.5) is 30.5 Å². The Hall–Kier alpha value is -5.77. The molecule has 2 aromatic heterocycles. The van der Waals surface area contributed by atoms with Crippen LogP contribution in [0.15, 0.2) is 79.3 Å². The molecule has 16 heteroatoms. The van der Waals surface area contributed by atoms with E-state index in [9.17, 15) is 27.6 Å². The standard InChI is InChI=1S/C41H45F3N8O5/c42-41(43,44)57-33-7-3-31(4-8-33)49-36-24-35(47-26-48-36)28-1-5-32(6-2-28)56-22-17-46-39(54)29-14-18-51(19-15-29)25-27-12-20-52(21-13-27)37-23-30(11-16-45-37)34-9-10-38(53)50-40(34)55/h1-8,11,16,23-24,26-27,29,34H,9-10,12-15,17-22,25H2,(H,46,54)(H,47,48,49)(H,50,53,55). The van der Waals surface area contributed by atoms with Gasteiger partial charge in [-0.3, -0.25) is 19.7 Å². The first-order valence-corrected chi connectivity index (χ1v) is 19.3. The van der Waals surface area contributed by atoms with Crippen LogP contribution in [0.1, 0.15) is 50.0 Å². The van der Waals surface area contributed by atoms with Gasteiger partial charge in [0.25, 0.3) is 0 Å². The molecule has 3 amide bonds. The summed E-state index contributed by atoms with van der Waals surface area (Å²) in [5.74, 6) is 1.55. The summed E-state index contributed by atoms with van der Waals surface area (Å²) >= 11 is 0. The van der Waals surface area contributed by atoms with Gasteiger partial charge >= 0.3 is 6.36 Å². The summed E-state index contributed by atoms with van der Waals surface area (Å²) in [5.41, 5.74) is 2.90. The fourth-order valence-corrected chi connectivity index (χ4v) is 7.60. The van der Waals surface area contributed by atoms with E-state index in [0.29, 0.717) is 54.9 Å². The van der Waals surface area contributed by atoms with Crippen molar-refractivity contribution in [2.75, 3.05) is 56.1 Å². The molecule has 1 unspecified atom stereocenters. The highest BCUT2D eigenvalue weighted by Gasteiger charge is 2.32. The summed E-state index contributed by atoms with van der Waals surface area (Å²) in [5, 5.41) is 8.53. The van der Waals surface area contributed by atoms with Crippen molar-refractivity contribution >= 4 is 35.0 Å². The molecule has 3 aliphatic rings. The SMILES string of the molecule is O=C1CCC(c2ccnc(N3CCC(CN4CCC(C(=O)NCCOc5ccc(-c6cc(Nc7ccc(OC(F)(F)F)cc7)ncn6)cc5)CC4)CC3)c2)C(=O)N1. The first kappa shape index (κ1) is 39.5. The summed E-state index contributed by atoms with van der Waals surface area (Å²) < 4.78 is 47.1. The van der Waals surface area contributed by atoms with Crippen molar-refractivity contribution in [2.45, 2.75) is 50.8 Å². The van der Waals surface area contributed by atoms with Gasteiger partial charge in [-0.2, -0.15) is 0 Å². The number of halogens is 3. The molecule has 57 heavy (non-hydrogen) atoms. The number of aromatic nitrogens is 3. The average Bonchev–Trinajstić information content (AvgIpc) is 3.21. The topological polar surface area (TPSA) is 151 Å². The van der Waals surface area contributed by atoms with Gasteiger partial charge in [0.1, 0.15) is 36.1 Å². The largest absolute Gasteiger partial charge is 0.573 e. The van der Waals surface area contributed by atoms with Gasteiger partial charge < -0.3 is 29.9 Å². The second kappa shape index (κ2) is 18.0. The summed E-state index contributed by atoms with van der Waals surface area (Å²) in [4.78, 5) is 54.8. The number of alkyl halides is 3. The number of piperidine rings is 3. The smallest absolute Gasteiger partial charge is 0.492 e. The van der Waals surface area contributed by atoms with Crippen molar-refractivity contribution in [2.24, 2.45) is 11.8 Å². The molecule has 0 aliphatic carbocycles. The summed E-state index contributed by atoms with van der Waals surface area (Å²) in [6.45, 7) is 5.34. The Kier molecular flexibility index (Phi) is 12.5. The number of amides is 3. The second-order valence-electron chi connectivity index (χ2n) is 14.6. The number of hydrogen-bond donors (Lipinski definition) is 3. The van der Waals surface area contributed by atoms with Gasteiger partial charge in [-0.15, -0.1) is 13.2 Å². The summed E-state index contributed by atoms with van der Waals surface area (Å²) in [6, 6.07) is 18.3. The van der Waals surface area contributed by atoms with Gasteiger partial charge in [-0.05, 0) is 117 Å². The quantitative estimate of drug-likeness (QED) is 0.111. The molecular weight excluding hydrogens is 741 g/mol. The zero-order valence-electron chi connectivity index (χ0n) is 31.3. The molecule has 13 nitrogen and oxygen atoms in total. The number of nitrogens with zero attached hydrogens (tertiary/aromatic N) is 5. The second-order valence-corrected chi connectivity index (χ2v) is 14.6. The Morgan fingerprint density at radius 1 is 0.860 bits per heavy atom. The van der Waals surface area contributed by atoms with Gasteiger partial charge in [-0.1, -0.05) is 0 Å². The van der Waals surface area contributed by atoms with Gasteiger partial charge in [0.15, 0.2) is 0 Å². The van der Waals surface area contributed by atoms with E-state index in [2.05, 4.69) is 45.4 Å². The maximum atomic E-state index is 12.9. The van der Waals surface area contributed by atoms with Crippen LogP contribution in [0.25, 0.3) is 11.3 Å². The van der Waals surface area contributed by atoms with Crippen LogP contribution in [-0.4, -0.2) is 89.8 Å². The number of rotatable bonds is 13. The maximum Gasteiger partial charge on any atom is 0.573 e. The molecule has 0 radical (unpaired) electrons. The Morgan fingerprint density at radius 3 is 2.32 bits per heavy atom. The van der Waals surface area contributed by atoms with Crippen molar-refractivity contribution in [1.82, 2.24) is 30.5 Å². The fourth-order valence-electron chi connectivity index (χ4n) is 7.60. The van der Waals surface area contributed by atoms with E-state index < -0.39 is 6.36 Å². The molecular formula is C41H45F3N8O5. The van der Waals surface area contributed by atoms with Gasteiger partial charge in [-0.25, -0.2) is 15.0 Å². The first-order valence-electron chi connectivity index (χ1n) is 19.3. The monoisotopic (exact) mass is 786 g/mol. The molecule has 0 saturated carbocycles. The van der Waals surface area contributed by atoms with Crippen LogP contribution >= 0.6 is 0 Å². The number of hydrogen-bond acceptors (Lipinski definition) is 11. The number of carbonyl (C=O) groups is 3. The van der Waals surface area contributed by atoms with E-state index in [-0.39, 0.29) is 35.3 Å². The number of carbonyl (C=O) groups excluding carboxylic acids is 3. The number of ether oxygens (including phenoxy) is 2. The van der Waals surface area contributed by atoms with E-state index in [0.717, 1.165) is 75.4 Å². The molecule has 0 bridgehead atoms. The Balaban J connectivity index is 0.781. The molecule has 7 rings (SSSR count). The molecule has 3 N–H and O–H groups in total. The maximum absolute atomic E-state index is 12.9. The highest BCUT2D eigenvalue weighted by Crippen LogP contribution is 2.30. The van der Waals surface area contributed by atoms with Crippen molar-refractivity contribution in [3.8, 4) is 22.8 Å². The number of benzene rings is 2. The number of nitrogens with one attached hydrogen (secondary N) is 3. The zero-order chi connectivity index (χ0) is 39.8. The lowest BCUT2D eigenvalue weighted by Gasteiger charge is -2.38. The Morgan fingerprint density at radius 2 is 1.60 bits per heavy atom. The number of anilines is 3. The Labute approximate surface area is 328 Å². The average molecular weight is 787 g/mol. The van der Waals surface area contributed by atoms with Crippen molar-refractivity contribution in [1.29, 1.82) is 0 Å². The molecule has 2 aromatic carbocycles. The van der Waals surface area contributed by atoms with Crippen molar-refractivity contribution in [3.63, 3.8) is 0 Å². The van der Waals surface area contributed by atoms with Crippen LogP contribution in [0.2, 0.25) is 0 Å². The van der Waals surface area contributed by atoms with Crippen LogP contribution in [0.5, 0.6) is 11.5 Å². The van der Waals surface area contributed by atoms with Crippen molar-refractivity contribution in [3.05, 3.63) is 84.8 Å². The number of pyridine rings is 1. The van der Waals surface area contributed by atoms with Crippen LogP contribution < -0.4 is 30.3 Å². The summed E-state index contributed by atoms with van der Waals surface area (Å²) in [6.07, 6.45) is 3.04. The van der Waals surface area contributed by atoms with E-state index in [1.807, 2.05) is 36.4 Å². The predicted octanol–water partition coefficient (Wildman–Crippen LogP) is 5.82. The first-order chi connectivity index (χ1) is 27.5. The number of imide groups is 1. The van der Waals surface area contributed by atoms with Gasteiger partial charge in [0, 0.05) is 55.5 Å². The fraction of sp³-hybridized carbons (Fsp3) is 0.415. The van der Waals surface area contributed by atoms with E-state index in [4.69, 9.17) is 4.74 Å². The Bertz CT molecular complexity index is 2000. The van der Waals surface area contributed by atoms with E-state index in [1.165, 1.54) is 30.6 Å². The molecule has 3 saturated heterocycles. The molecule has 0 spiro atoms. The molecule has 4 aromatic rings. The third-order valence-electron chi connectivity index (χ3n) is 10.7. The number of likely N-dealkylation sites (tertiary alicyclic amines) is 1. The van der Waals surface area contributed by atoms with Crippen LogP contribution in [0, 0.1) is 11.8 Å². The summed E-state index contributed by atoms with van der Waals surface area (Å²) in [7, 11) is 0. The van der Waals surface area contributed by atoms with E-state index in [1.54, 1.807) is 12.3 Å². The zero-order valence-corrected chi connectivity index (χ0v) is 31.3. The lowest BCUT2D eigenvalue weighted by molar-refractivity contribution is -0.274. The van der Waals surface area contributed by atoms with Gasteiger partial charge in [0.2, 0.25) is 17.7 Å². The minimum atomic E-state index is -4.76. The highest BCUT2D eigenvalue weighted by molar-refractivity contribution is 6.01. The highest BCUT2D eigenvalue weighted by atomic mass is 19.4. The third-order valence-corrected chi connectivity index (χ3v) is 10.7. The van der Waals surface area contributed by atoms with Gasteiger partial charge in [0.05, 0.1) is 18.2 Å². The molecule has 1 atom stereocenters. The van der Waals surface area contributed by atoms with Crippen LogP contribution in [-0.2, 0) is 14.4 Å². The van der Waals surface area contributed by atoms with E-state index >= 15 is 0 Å². The normalized spacial score (nSPS) is 18.5. The minimum Gasteiger partial charge on any atom is -0.492 e. The molecule has 3 fully saturated rings. The predicted molar refractivity (Wildman–Crippen MR) is 206 cm³/mol. The third kappa shape index (κ3) is 11.0. The van der Waals surface area contributed by atoms with Crippen molar-refractivity contribution < 1.29 is 37.0 Å². The lowest BCUT2D eigenvalue weighted by Crippen LogP contribution is -2.44. The lowest BCUT2D eigenvalue weighted by atomic mass is 9.90. The molecule has 3 aliphatic heterocycles. The molecule has 300 valence electrons. The molecule has 5 heterocycles. The minimum absolute atomic E-state index is 0.0138.